The molecule has 0 spiro atoms. The number of hydrogen-bond donors (Lipinski definition) is 3. The molecule has 0 aromatic heterocycles. The monoisotopic (exact) mass is 492 g/mol. The van der Waals surface area contributed by atoms with Crippen molar-refractivity contribution in [3.63, 3.8) is 0 Å². The maximum atomic E-state index is 13.7. The van der Waals surface area contributed by atoms with E-state index in [0.29, 0.717) is 25.8 Å². The number of nitrogens with two attached hydrogens (primary N) is 1. The molecule has 0 unspecified atom stereocenters. The molecule has 0 bridgehead atoms. The highest BCUT2D eigenvalue weighted by atomic mass is 16.6. The second kappa shape index (κ2) is 10.1. The number of fused-ring (bicyclic) bond motifs is 3. The van der Waals surface area contributed by atoms with Gasteiger partial charge in [0.05, 0.1) is 6.04 Å². The number of alkyl carbamates (subject to hydrolysis) is 1. The molecular formula is C25H40N4O6. The van der Waals surface area contributed by atoms with Crippen LogP contribution in [0.15, 0.2) is 0 Å². The highest BCUT2D eigenvalue weighted by molar-refractivity contribution is 6.37. The van der Waals surface area contributed by atoms with E-state index in [1.54, 1.807) is 20.8 Å². The van der Waals surface area contributed by atoms with Gasteiger partial charge in [0.1, 0.15) is 17.7 Å². The molecule has 196 valence electrons. The molecule has 4 N–H and O–H groups in total. The zero-order chi connectivity index (χ0) is 26.1. The van der Waals surface area contributed by atoms with E-state index in [1.807, 2.05) is 0 Å². The minimum Gasteiger partial charge on any atom is -0.444 e. The molecule has 0 radical (unpaired) electrons. The van der Waals surface area contributed by atoms with Crippen LogP contribution in [-0.2, 0) is 23.9 Å². The standard InChI is InChI=1S/C25H40N4O6/c1-24(2,3)35-23(34)28-16-12-10-8-6-7-9-11-15(19(30)20(26)31)27-21(32)18-17-14(25(17,4)5)13-29(18)22(16)33/h14-18H,6-13H2,1-5H3,(H2,26,31)(H,27,32)(H,28,34)/t14-,15-,16-,17-,18-/m0/s1. The Bertz CT molecular complexity index is 880. The Morgan fingerprint density at radius 3 is 2.26 bits per heavy atom. The van der Waals surface area contributed by atoms with Crippen LogP contribution in [0.2, 0.25) is 0 Å². The fourth-order valence-corrected chi connectivity index (χ4v) is 5.65. The molecule has 2 heterocycles. The number of ether oxygens (including phenoxy) is 1. The lowest BCUT2D eigenvalue weighted by Crippen LogP contribution is -2.58. The third-order valence-corrected chi connectivity index (χ3v) is 7.61. The van der Waals surface area contributed by atoms with E-state index in [1.165, 1.54) is 4.90 Å². The summed E-state index contributed by atoms with van der Waals surface area (Å²) in [6.07, 6.45) is 4.01. The van der Waals surface area contributed by atoms with Crippen LogP contribution in [0.25, 0.3) is 0 Å². The van der Waals surface area contributed by atoms with E-state index in [4.69, 9.17) is 10.5 Å². The number of Topliss-reactive ketones (excluding diaryl/α,β-unsaturated/α-hetero) is 1. The van der Waals surface area contributed by atoms with Gasteiger partial charge in [-0.05, 0) is 50.9 Å². The average Bonchev–Trinajstić information content (AvgIpc) is 3.08. The number of amides is 4. The van der Waals surface area contributed by atoms with Crippen LogP contribution in [0.5, 0.6) is 0 Å². The van der Waals surface area contributed by atoms with Crippen molar-refractivity contribution in [3.8, 4) is 0 Å². The van der Waals surface area contributed by atoms with Crippen LogP contribution < -0.4 is 16.4 Å². The van der Waals surface area contributed by atoms with E-state index in [-0.39, 0.29) is 23.2 Å². The van der Waals surface area contributed by atoms with Gasteiger partial charge in [0, 0.05) is 6.54 Å². The van der Waals surface area contributed by atoms with Crippen LogP contribution in [0.4, 0.5) is 4.79 Å². The van der Waals surface area contributed by atoms with Crippen molar-refractivity contribution >= 4 is 29.6 Å². The number of carbonyl (C=O) groups is 5. The Balaban J connectivity index is 1.86. The first kappa shape index (κ1) is 26.9. The van der Waals surface area contributed by atoms with E-state index < -0.39 is 47.4 Å². The molecule has 10 nitrogen and oxygen atoms in total. The third-order valence-electron chi connectivity index (χ3n) is 7.61. The van der Waals surface area contributed by atoms with Crippen molar-refractivity contribution < 1.29 is 28.7 Å². The molecule has 10 heteroatoms. The number of rotatable bonds is 3. The smallest absolute Gasteiger partial charge is 0.408 e. The summed E-state index contributed by atoms with van der Waals surface area (Å²) in [4.78, 5) is 65.2. The van der Waals surface area contributed by atoms with Crippen molar-refractivity contribution in [1.82, 2.24) is 15.5 Å². The number of nitrogens with one attached hydrogen (secondary N) is 2. The molecule has 3 fully saturated rings. The molecule has 0 aromatic carbocycles. The fraction of sp³-hybridized carbons (Fsp3) is 0.800. The lowest BCUT2D eigenvalue weighted by atomic mass is 9.96. The van der Waals surface area contributed by atoms with Gasteiger partial charge < -0.3 is 26.0 Å². The van der Waals surface area contributed by atoms with Crippen molar-refractivity contribution in [2.45, 2.75) is 103 Å². The highest BCUT2D eigenvalue weighted by Crippen LogP contribution is 2.64. The normalized spacial score (nSPS) is 31.3. The van der Waals surface area contributed by atoms with Crippen molar-refractivity contribution in [2.24, 2.45) is 23.0 Å². The Morgan fingerprint density at radius 2 is 1.66 bits per heavy atom. The van der Waals surface area contributed by atoms with E-state index in [0.717, 1.165) is 25.7 Å². The summed E-state index contributed by atoms with van der Waals surface area (Å²) in [5.41, 5.74) is 4.40. The quantitative estimate of drug-likeness (QED) is 0.510. The second-order valence-corrected chi connectivity index (χ2v) is 11.7. The van der Waals surface area contributed by atoms with Gasteiger partial charge in [0.2, 0.25) is 17.6 Å². The van der Waals surface area contributed by atoms with Crippen LogP contribution in [0.1, 0.15) is 79.6 Å². The van der Waals surface area contributed by atoms with E-state index >= 15 is 0 Å². The number of ketones is 1. The van der Waals surface area contributed by atoms with Gasteiger partial charge in [-0.1, -0.05) is 46.0 Å². The van der Waals surface area contributed by atoms with E-state index in [9.17, 15) is 24.0 Å². The average molecular weight is 493 g/mol. The van der Waals surface area contributed by atoms with Crippen molar-refractivity contribution in [1.29, 1.82) is 0 Å². The number of nitrogens with zero attached hydrogens (tertiary/aromatic N) is 1. The SMILES string of the molecule is CC(C)(C)OC(=O)N[C@H]1CCCCCCC[C@@H](C(=O)C(N)=O)NC(=O)[C@@H]2[C@@H]3[C@H](CN2C1=O)C3(C)C. The predicted octanol–water partition coefficient (Wildman–Crippen LogP) is 1.65. The first-order chi connectivity index (χ1) is 16.2. The lowest BCUT2D eigenvalue weighted by molar-refractivity contribution is -0.143. The van der Waals surface area contributed by atoms with Gasteiger partial charge in [0.15, 0.2) is 0 Å². The summed E-state index contributed by atoms with van der Waals surface area (Å²) in [5.74, 6) is -2.60. The number of piperidine rings is 1. The molecular weight excluding hydrogens is 452 g/mol. The molecule has 3 aliphatic rings. The Hall–Kier alpha value is -2.65. The minimum atomic E-state index is -1.08. The van der Waals surface area contributed by atoms with Crippen LogP contribution >= 0.6 is 0 Å². The Morgan fingerprint density at radius 1 is 1.06 bits per heavy atom. The zero-order valence-corrected chi connectivity index (χ0v) is 21.5. The first-order valence-electron chi connectivity index (χ1n) is 12.7. The largest absolute Gasteiger partial charge is 0.444 e. The third kappa shape index (κ3) is 6.13. The van der Waals surface area contributed by atoms with Gasteiger partial charge >= 0.3 is 6.09 Å². The van der Waals surface area contributed by atoms with Crippen LogP contribution in [-0.4, -0.2) is 64.8 Å². The highest BCUT2D eigenvalue weighted by Gasteiger charge is 2.69. The van der Waals surface area contributed by atoms with Crippen LogP contribution in [0.3, 0.4) is 0 Å². The Labute approximate surface area is 207 Å². The summed E-state index contributed by atoms with van der Waals surface area (Å²) in [7, 11) is 0. The van der Waals surface area contributed by atoms with Gasteiger partial charge in [-0.2, -0.15) is 0 Å². The molecule has 1 saturated carbocycles. The molecule has 4 amide bonds. The summed E-state index contributed by atoms with van der Waals surface area (Å²) in [6, 6.07) is -2.60. The second-order valence-electron chi connectivity index (χ2n) is 11.7. The van der Waals surface area contributed by atoms with E-state index in [2.05, 4.69) is 24.5 Å². The lowest BCUT2D eigenvalue weighted by Gasteiger charge is -2.34. The Kier molecular flexibility index (Phi) is 7.81. The van der Waals surface area contributed by atoms with Gasteiger partial charge in [-0.3, -0.25) is 19.2 Å². The van der Waals surface area contributed by atoms with Gasteiger partial charge in [-0.15, -0.1) is 0 Å². The predicted molar refractivity (Wildman–Crippen MR) is 128 cm³/mol. The van der Waals surface area contributed by atoms with Gasteiger partial charge in [0.25, 0.3) is 5.91 Å². The number of primary amides is 1. The van der Waals surface area contributed by atoms with Crippen LogP contribution in [0, 0.1) is 17.3 Å². The minimum absolute atomic E-state index is 0.0640. The molecule has 3 rings (SSSR count). The van der Waals surface area contributed by atoms with Crippen molar-refractivity contribution in [2.75, 3.05) is 6.54 Å². The summed E-state index contributed by atoms with van der Waals surface area (Å²) in [5, 5.41) is 5.46. The number of carbonyl (C=O) groups excluding carboxylic acids is 5. The molecule has 2 saturated heterocycles. The molecule has 35 heavy (non-hydrogen) atoms. The summed E-state index contributed by atoms with van der Waals surface area (Å²) in [6.45, 7) is 9.78. The maximum Gasteiger partial charge on any atom is 0.408 e. The molecule has 2 aliphatic heterocycles. The molecule has 0 aromatic rings. The summed E-state index contributed by atoms with van der Waals surface area (Å²) >= 11 is 0. The van der Waals surface area contributed by atoms with Crippen molar-refractivity contribution in [3.05, 3.63) is 0 Å². The number of hydrogen-bond acceptors (Lipinski definition) is 6. The molecule has 1 aliphatic carbocycles. The fourth-order valence-electron chi connectivity index (χ4n) is 5.65. The zero-order valence-electron chi connectivity index (χ0n) is 21.5. The summed E-state index contributed by atoms with van der Waals surface area (Å²) < 4.78 is 5.37. The first-order valence-corrected chi connectivity index (χ1v) is 12.7. The van der Waals surface area contributed by atoms with Gasteiger partial charge in [-0.25, -0.2) is 4.79 Å². The molecule has 5 atom stereocenters. The topological polar surface area (TPSA) is 148 Å². The maximum absolute atomic E-state index is 13.7.